The molecule has 1 aliphatic rings. The van der Waals surface area contributed by atoms with Gasteiger partial charge in [0.1, 0.15) is 12.7 Å². The molecule has 0 aliphatic carbocycles. The molecular formula is C28H32O3Si. The Hall–Kier alpha value is -2.66. The van der Waals surface area contributed by atoms with Crippen LogP contribution in [0.5, 0.6) is 0 Å². The molecule has 0 fully saturated rings. The van der Waals surface area contributed by atoms with Gasteiger partial charge in [0, 0.05) is 5.57 Å². The minimum atomic E-state index is -2.64. The summed E-state index contributed by atoms with van der Waals surface area (Å²) in [6, 6.07) is 31.7. The van der Waals surface area contributed by atoms with Crippen LogP contribution in [-0.4, -0.2) is 27.6 Å². The summed E-state index contributed by atoms with van der Waals surface area (Å²) in [4.78, 5) is 0. The van der Waals surface area contributed by atoms with E-state index in [1.165, 1.54) is 10.4 Å². The van der Waals surface area contributed by atoms with Crippen molar-refractivity contribution in [2.75, 3.05) is 13.2 Å². The average molecular weight is 445 g/mol. The smallest absolute Gasteiger partial charge is 0.262 e. The third-order valence-corrected chi connectivity index (χ3v) is 11.1. The highest BCUT2D eigenvalue weighted by Crippen LogP contribution is 2.38. The van der Waals surface area contributed by atoms with Crippen molar-refractivity contribution in [1.82, 2.24) is 0 Å². The molecule has 0 N–H and O–H groups in total. The van der Waals surface area contributed by atoms with Gasteiger partial charge in [-0.25, -0.2) is 0 Å². The summed E-state index contributed by atoms with van der Waals surface area (Å²) in [5, 5.41) is 2.47. The van der Waals surface area contributed by atoms with Crippen LogP contribution in [0.15, 0.2) is 103 Å². The second kappa shape index (κ2) is 9.86. The topological polar surface area (TPSA) is 27.7 Å². The zero-order valence-electron chi connectivity index (χ0n) is 19.2. The highest BCUT2D eigenvalue weighted by atomic mass is 28.4. The van der Waals surface area contributed by atoms with E-state index < -0.39 is 8.32 Å². The SMILES string of the molecule is CC(C)(C)[Si](OC1COC=C1COCc1ccccc1)(c1ccccc1)c1ccccc1. The summed E-state index contributed by atoms with van der Waals surface area (Å²) in [6.07, 6.45) is 1.70. The minimum absolute atomic E-state index is 0.0751. The first-order valence-corrected chi connectivity index (χ1v) is 13.1. The van der Waals surface area contributed by atoms with Gasteiger partial charge in [-0.1, -0.05) is 112 Å². The van der Waals surface area contributed by atoms with E-state index in [4.69, 9.17) is 13.9 Å². The summed E-state index contributed by atoms with van der Waals surface area (Å²) in [5.41, 5.74) is 2.23. The van der Waals surface area contributed by atoms with E-state index in [1.54, 1.807) is 0 Å². The van der Waals surface area contributed by atoms with Gasteiger partial charge in [-0.3, -0.25) is 0 Å². The van der Waals surface area contributed by atoms with Gasteiger partial charge >= 0.3 is 0 Å². The second-order valence-corrected chi connectivity index (χ2v) is 13.5. The molecule has 0 saturated heterocycles. The molecule has 1 heterocycles. The largest absolute Gasteiger partial charge is 0.498 e. The fraction of sp³-hybridized carbons (Fsp3) is 0.286. The Bertz CT molecular complexity index is 971. The molecule has 4 heteroatoms. The Morgan fingerprint density at radius 2 is 1.31 bits per heavy atom. The Morgan fingerprint density at radius 1 is 0.781 bits per heavy atom. The Morgan fingerprint density at radius 3 is 1.84 bits per heavy atom. The van der Waals surface area contributed by atoms with Crippen molar-refractivity contribution in [2.45, 2.75) is 38.5 Å². The maximum absolute atomic E-state index is 7.22. The monoisotopic (exact) mass is 444 g/mol. The normalized spacial score (nSPS) is 16.5. The quantitative estimate of drug-likeness (QED) is 0.455. The lowest BCUT2D eigenvalue weighted by molar-refractivity contribution is 0.114. The summed E-state index contributed by atoms with van der Waals surface area (Å²) < 4.78 is 19.0. The second-order valence-electron chi connectivity index (χ2n) is 9.27. The van der Waals surface area contributed by atoms with Crippen LogP contribution < -0.4 is 10.4 Å². The van der Waals surface area contributed by atoms with E-state index in [9.17, 15) is 0 Å². The molecule has 0 amide bonds. The Balaban J connectivity index is 1.62. The zero-order chi connectivity index (χ0) is 22.4. The van der Waals surface area contributed by atoms with Crippen molar-refractivity contribution in [3.63, 3.8) is 0 Å². The van der Waals surface area contributed by atoms with Gasteiger partial charge in [0.05, 0.1) is 19.5 Å². The van der Waals surface area contributed by atoms with Crippen LogP contribution in [0.4, 0.5) is 0 Å². The predicted octanol–water partition coefficient (Wildman–Crippen LogP) is 5.06. The van der Waals surface area contributed by atoms with E-state index >= 15 is 0 Å². The first-order valence-electron chi connectivity index (χ1n) is 11.2. The maximum atomic E-state index is 7.22. The third kappa shape index (κ3) is 4.73. The minimum Gasteiger partial charge on any atom is -0.498 e. The fourth-order valence-electron chi connectivity index (χ4n) is 4.43. The zero-order valence-corrected chi connectivity index (χ0v) is 20.2. The molecule has 3 nitrogen and oxygen atoms in total. The van der Waals surface area contributed by atoms with Crippen molar-refractivity contribution < 1.29 is 13.9 Å². The highest BCUT2D eigenvalue weighted by Gasteiger charge is 2.52. The molecular weight excluding hydrogens is 412 g/mol. The molecule has 1 aliphatic heterocycles. The van der Waals surface area contributed by atoms with E-state index in [2.05, 4.69) is 93.6 Å². The number of hydrogen-bond donors (Lipinski definition) is 0. The molecule has 1 atom stereocenters. The molecule has 0 aromatic heterocycles. The lowest BCUT2D eigenvalue weighted by atomic mass is 10.2. The molecule has 0 saturated carbocycles. The van der Waals surface area contributed by atoms with E-state index in [0.717, 1.165) is 11.1 Å². The maximum Gasteiger partial charge on any atom is 0.262 e. The van der Waals surface area contributed by atoms with Gasteiger partial charge in [0.2, 0.25) is 0 Å². The van der Waals surface area contributed by atoms with E-state index in [0.29, 0.717) is 19.8 Å². The number of benzene rings is 3. The van der Waals surface area contributed by atoms with Gasteiger partial charge in [-0.05, 0) is 21.0 Å². The summed E-state index contributed by atoms with van der Waals surface area (Å²) in [7, 11) is -2.64. The van der Waals surface area contributed by atoms with Crippen molar-refractivity contribution in [3.05, 3.63) is 108 Å². The molecule has 0 bridgehead atoms. The average Bonchev–Trinajstić information content (AvgIpc) is 3.25. The van der Waals surface area contributed by atoms with Crippen molar-refractivity contribution >= 4 is 18.7 Å². The predicted molar refractivity (Wildman–Crippen MR) is 133 cm³/mol. The summed E-state index contributed by atoms with van der Waals surface area (Å²) >= 11 is 0. The molecule has 3 aromatic rings. The first-order chi connectivity index (χ1) is 15.5. The number of rotatable bonds is 8. The lowest BCUT2D eigenvalue weighted by Gasteiger charge is -2.44. The molecule has 1 unspecified atom stereocenters. The van der Waals surface area contributed by atoms with Crippen LogP contribution in [0.2, 0.25) is 5.04 Å². The van der Waals surface area contributed by atoms with Crippen LogP contribution >= 0.6 is 0 Å². The fourth-order valence-corrected chi connectivity index (χ4v) is 9.09. The Kier molecular flexibility index (Phi) is 6.94. The van der Waals surface area contributed by atoms with Crippen LogP contribution in [0.3, 0.4) is 0 Å². The first kappa shape index (κ1) is 22.5. The van der Waals surface area contributed by atoms with Crippen LogP contribution in [0.25, 0.3) is 0 Å². The van der Waals surface area contributed by atoms with E-state index in [-0.39, 0.29) is 11.1 Å². The summed E-state index contributed by atoms with van der Waals surface area (Å²) in [6.45, 7) is 8.48. The van der Waals surface area contributed by atoms with Crippen molar-refractivity contribution in [3.8, 4) is 0 Å². The summed E-state index contributed by atoms with van der Waals surface area (Å²) in [5.74, 6) is 0. The van der Waals surface area contributed by atoms with Crippen LogP contribution in [-0.2, 0) is 20.5 Å². The molecule has 0 spiro atoms. The van der Waals surface area contributed by atoms with Gasteiger partial charge in [-0.15, -0.1) is 0 Å². The number of hydrogen-bond acceptors (Lipinski definition) is 3. The van der Waals surface area contributed by atoms with Crippen molar-refractivity contribution in [1.29, 1.82) is 0 Å². The standard InChI is InChI=1S/C28H32O3Si/c1-28(2,3)32(25-15-9-5-10-16-25,26-17-11-6-12-18-26)31-27-22-30-21-24(27)20-29-19-23-13-7-4-8-14-23/h4-18,21,27H,19-20,22H2,1-3H3. The third-order valence-electron chi connectivity index (χ3n) is 6.01. The molecule has 166 valence electrons. The molecule has 0 radical (unpaired) electrons. The van der Waals surface area contributed by atoms with Gasteiger partial charge in [-0.2, -0.15) is 0 Å². The molecule has 3 aromatic carbocycles. The van der Waals surface area contributed by atoms with Crippen LogP contribution in [0.1, 0.15) is 26.3 Å². The van der Waals surface area contributed by atoms with Gasteiger partial charge < -0.3 is 13.9 Å². The molecule has 32 heavy (non-hydrogen) atoms. The van der Waals surface area contributed by atoms with Gasteiger partial charge in [0.25, 0.3) is 8.32 Å². The lowest BCUT2D eigenvalue weighted by Crippen LogP contribution is -2.68. The van der Waals surface area contributed by atoms with Crippen molar-refractivity contribution in [2.24, 2.45) is 0 Å². The highest BCUT2D eigenvalue weighted by molar-refractivity contribution is 6.99. The Labute approximate surface area is 192 Å². The van der Waals surface area contributed by atoms with Crippen LogP contribution in [0, 0.1) is 0 Å². The van der Waals surface area contributed by atoms with E-state index in [1.807, 2.05) is 24.5 Å². The van der Waals surface area contributed by atoms with Gasteiger partial charge in [0.15, 0.2) is 0 Å². The molecule has 4 rings (SSSR count). The number of ether oxygens (including phenoxy) is 2.